The van der Waals surface area contributed by atoms with Gasteiger partial charge in [-0.1, -0.05) is 27.7 Å². The number of rotatable bonds is 7. The molecular weight excluding hydrogens is 270 g/mol. The highest BCUT2D eigenvalue weighted by Crippen LogP contribution is 2.22. The fourth-order valence-corrected chi connectivity index (χ4v) is 3.35. The molecule has 0 radical (unpaired) electrons. The Morgan fingerprint density at radius 1 is 1.33 bits per heavy atom. The van der Waals surface area contributed by atoms with E-state index < -0.39 is 10.0 Å². The van der Waals surface area contributed by atoms with Gasteiger partial charge in [-0.3, -0.25) is 4.72 Å². The van der Waals surface area contributed by atoms with E-state index in [2.05, 4.69) is 15.0 Å². The summed E-state index contributed by atoms with van der Waals surface area (Å²) in [5.74, 6) is 0.365. The summed E-state index contributed by atoms with van der Waals surface area (Å²) in [5.41, 5.74) is 0.915. The van der Waals surface area contributed by atoms with Crippen molar-refractivity contribution in [3.05, 3.63) is 11.1 Å². The zero-order valence-electron chi connectivity index (χ0n) is 11.2. The molecule has 0 aliphatic heterocycles. The Morgan fingerprint density at radius 2 is 2.00 bits per heavy atom. The molecule has 0 amide bonds. The van der Waals surface area contributed by atoms with E-state index in [1.165, 1.54) is 11.3 Å². The Morgan fingerprint density at radius 3 is 2.50 bits per heavy atom. The highest BCUT2D eigenvalue weighted by Gasteiger charge is 2.13. The first-order valence-corrected chi connectivity index (χ1v) is 8.52. The van der Waals surface area contributed by atoms with Gasteiger partial charge in [0, 0.05) is 18.0 Å². The third kappa shape index (κ3) is 5.32. The first kappa shape index (κ1) is 15.4. The molecule has 2 N–H and O–H groups in total. The molecule has 0 bridgehead atoms. The molecule has 104 valence electrons. The molecule has 1 heterocycles. The molecule has 5 nitrogen and oxygen atoms in total. The fourth-order valence-electron chi connectivity index (χ4n) is 1.26. The third-order valence-electron chi connectivity index (χ3n) is 2.28. The van der Waals surface area contributed by atoms with E-state index in [4.69, 9.17) is 0 Å². The van der Waals surface area contributed by atoms with Gasteiger partial charge in [-0.15, -0.1) is 11.3 Å². The Kier molecular flexibility index (Phi) is 5.55. The Balaban J connectivity index is 2.54. The van der Waals surface area contributed by atoms with Gasteiger partial charge in [0.1, 0.15) is 0 Å². The second-order valence-electron chi connectivity index (χ2n) is 4.76. The van der Waals surface area contributed by atoms with Crippen LogP contribution in [0, 0.1) is 0 Å². The van der Waals surface area contributed by atoms with Gasteiger partial charge >= 0.3 is 0 Å². The number of nitrogens with one attached hydrogen (secondary N) is 2. The normalized spacial score (nSPS) is 12.3. The molecule has 0 aliphatic carbocycles. The monoisotopic (exact) mass is 291 g/mol. The molecule has 18 heavy (non-hydrogen) atoms. The molecule has 1 aromatic heterocycles. The summed E-state index contributed by atoms with van der Waals surface area (Å²) in [4.78, 5) is 4.25. The topological polar surface area (TPSA) is 71.1 Å². The number of nitrogens with zero attached hydrogens (tertiary/aromatic N) is 1. The van der Waals surface area contributed by atoms with Crippen LogP contribution in [0.2, 0.25) is 0 Å². The number of hydrogen-bond donors (Lipinski definition) is 2. The Bertz CT molecular complexity index is 466. The molecule has 1 rings (SSSR count). The van der Waals surface area contributed by atoms with Crippen LogP contribution in [-0.2, 0) is 10.0 Å². The summed E-state index contributed by atoms with van der Waals surface area (Å²) in [6, 6.07) is 0.285. The number of aromatic nitrogens is 1. The summed E-state index contributed by atoms with van der Waals surface area (Å²) in [5, 5.41) is 5.41. The SMILES string of the molecule is CC(C)NCCS(=O)(=O)Nc1nc(C(C)C)cs1. The lowest BCUT2D eigenvalue weighted by Gasteiger charge is -2.08. The van der Waals surface area contributed by atoms with Crippen LogP contribution >= 0.6 is 11.3 Å². The molecular formula is C11H21N3O2S2. The maximum Gasteiger partial charge on any atom is 0.235 e. The predicted molar refractivity (Wildman–Crippen MR) is 76.8 cm³/mol. The van der Waals surface area contributed by atoms with Gasteiger partial charge in [0.05, 0.1) is 11.4 Å². The van der Waals surface area contributed by atoms with E-state index in [9.17, 15) is 8.42 Å². The standard InChI is InChI=1S/C11H21N3O2S2/c1-8(2)10-7-17-11(13-10)14-18(15,16)6-5-12-9(3)4/h7-9,12H,5-6H2,1-4H3,(H,13,14). The van der Waals surface area contributed by atoms with Crippen LogP contribution in [0.5, 0.6) is 0 Å². The molecule has 0 atom stereocenters. The number of hydrogen-bond acceptors (Lipinski definition) is 5. The molecule has 0 fully saturated rings. The summed E-state index contributed by atoms with van der Waals surface area (Å²) in [7, 11) is -3.31. The van der Waals surface area contributed by atoms with Crippen molar-refractivity contribution in [1.29, 1.82) is 0 Å². The van der Waals surface area contributed by atoms with Crippen molar-refractivity contribution in [2.24, 2.45) is 0 Å². The highest BCUT2D eigenvalue weighted by molar-refractivity contribution is 7.92. The van der Waals surface area contributed by atoms with Gasteiger partial charge in [-0.25, -0.2) is 13.4 Å². The summed E-state index contributed by atoms with van der Waals surface area (Å²) < 4.78 is 26.1. The van der Waals surface area contributed by atoms with Gasteiger partial charge in [-0.2, -0.15) is 0 Å². The predicted octanol–water partition coefficient (Wildman–Crippen LogP) is 2.01. The van der Waals surface area contributed by atoms with E-state index >= 15 is 0 Å². The number of sulfonamides is 1. The first-order chi connectivity index (χ1) is 8.30. The smallest absolute Gasteiger partial charge is 0.235 e. The lowest BCUT2D eigenvalue weighted by molar-refractivity contribution is 0.582. The molecule has 0 aromatic carbocycles. The van der Waals surface area contributed by atoms with Crippen LogP contribution in [0.3, 0.4) is 0 Å². The van der Waals surface area contributed by atoms with E-state index in [1.807, 2.05) is 33.1 Å². The Labute approximate surface area is 113 Å². The van der Waals surface area contributed by atoms with Crippen LogP contribution in [0.1, 0.15) is 39.3 Å². The minimum atomic E-state index is -3.31. The molecule has 7 heteroatoms. The van der Waals surface area contributed by atoms with Crippen molar-refractivity contribution >= 4 is 26.5 Å². The quantitative estimate of drug-likeness (QED) is 0.806. The van der Waals surface area contributed by atoms with Crippen LogP contribution in [-0.4, -0.2) is 31.7 Å². The van der Waals surface area contributed by atoms with E-state index in [0.717, 1.165) is 5.69 Å². The average Bonchev–Trinajstić information content (AvgIpc) is 2.64. The Hall–Kier alpha value is -0.660. The highest BCUT2D eigenvalue weighted by atomic mass is 32.2. The van der Waals surface area contributed by atoms with Crippen molar-refractivity contribution in [3.63, 3.8) is 0 Å². The molecule has 0 aliphatic rings. The van der Waals surface area contributed by atoms with Gasteiger partial charge < -0.3 is 5.32 Å². The molecule has 0 unspecified atom stereocenters. The largest absolute Gasteiger partial charge is 0.313 e. The van der Waals surface area contributed by atoms with Crippen molar-refractivity contribution in [2.75, 3.05) is 17.0 Å². The second-order valence-corrected chi connectivity index (χ2v) is 7.46. The second kappa shape index (κ2) is 6.49. The van der Waals surface area contributed by atoms with Crippen LogP contribution < -0.4 is 10.0 Å². The van der Waals surface area contributed by atoms with Gasteiger partial charge in [-0.05, 0) is 5.92 Å². The minimum Gasteiger partial charge on any atom is -0.313 e. The van der Waals surface area contributed by atoms with Crippen molar-refractivity contribution in [1.82, 2.24) is 10.3 Å². The third-order valence-corrected chi connectivity index (χ3v) is 4.43. The maximum absolute atomic E-state index is 11.8. The lowest BCUT2D eigenvalue weighted by atomic mass is 10.2. The number of thiazole rings is 1. The summed E-state index contributed by atoms with van der Waals surface area (Å²) >= 11 is 1.32. The average molecular weight is 291 g/mol. The molecule has 0 saturated heterocycles. The molecule has 1 aromatic rings. The minimum absolute atomic E-state index is 0.0573. The number of anilines is 1. The van der Waals surface area contributed by atoms with Gasteiger partial charge in [0.25, 0.3) is 0 Å². The fraction of sp³-hybridized carbons (Fsp3) is 0.727. The van der Waals surface area contributed by atoms with Gasteiger partial charge in [0.15, 0.2) is 5.13 Å². The zero-order chi connectivity index (χ0) is 13.8. The van der Waals surface area contributed by atoms with E-state index in [0.29, 0.717) is 17.6 Å². The van der Waals surface area contributed by atoms with E-state index in [-0.39, 0.29) is 11.8 Å². The van der Waals surface area contributed by atoms with Crippen LogP contribution in [0.4, 0.5) is 5.13 Å². The zero-order valence-corrected chi connectivity index (χ0v) is 12.9. The van der Waals surface area contributed by atoms with Crippen LogP contribution in [0.25, 0.3) is 0 Å². The maximum atomic E-state index is 11.8. The summed E-state index contributed by atoms with van der Waals surface area (Å²) in [6.45, 7) is 8.46. The van der Waals surface area contributed by atoms with Crippen molar-refractivity contribution < 1.29 is 8.42 Å². The summed E-state index contributed by atoms with van der Waals surface area (Å²) in [6.07, 6.45) is 0. The molecule has 0 saturated carbocycles. The van der Waals surface area contributed by atoms with E-state index in [1.54, 1.807) is 0 Å². The van der Waals surface area contributed by atoms with Crippen molar-refractivity contribution in [3.8, 4) is 0 Å². The van der Waals surface area contributed by atoms with Crippen LogP contribution in [0.15, 0.2) is 5.38 Å². The molecule has 0 spiro atoms. The first-order valence-electron chi connectivity index (χ1n) is 5.99. The van der Waals surface area contributed by atoms with Gasteiger partial charge in [0.2, 0.25) is 10.0 Å². The lowest BCUT2D eigenvalue weighted by Crippen LogP contribution is -2.30. The van der Waals surface area contributed by atoms with Crippen molar-refractivity contribution in [2.45, 2.75) is 39.7 Å².